The van der Waals surface area contributed by atoms with Crippen molar-refractivity contribution >= 4 is 45.8 Å². The van der Waals surface area contributed by atoms with Gasteiger partial charge >= 0.3 is 0 Å². The Kier molecular flexibility index (Phi) is 8.17. The number of nitrogens with one attached hydrogen (secondary N) is 2. The molecule has 0 unspecified atom stereocenters. The number of anilines is 2. The molecular formula is C31H27ClF2N6O3. The van der Waals surface area contributed by atoms with Gasteiger partial charge in [0.15, 0.2) is 5.83 Å². The van der Waals surface area contributed by atoms with E-state index in [4.69, 9.17) is 22.1 Å². The maximum atomic E-state index is 14.1. The lowest BCUT2D eigenvalue weighted by Crippen LogP contribution is -2.31. The Labute approximate surface area is 251 Å². The van der Waals surface area contributed by atoms with Gasteiger partial charge in [-0.3, -0.25) is 9.59 Å². The van der Waals surface area contributed by atoms with Gasteiger partial charge in [0, 0.05) is 43.4 Å². The van der Waals surface area contributed by atoms with Crippen LogP contribution in [0.2, 0.25) is 5.02 Å². The average Bonchev–Trinajstić information content (AvgIpc) is 3.64. The molecule has 220 valence electrons. The van der Waals surface area contributed by atoms with Gasteiger partial charge in [-0.15, -0.1) is 0 Å². The van der Waals surface area contributed by atoms with Gasteiger partial charge in [-0.2, -0.15) is 0 Å². The minimum Gasteiger partial charge on any atom is -0.383 e. The van der Waals surface area contributed by atoms with Crippen LogP contribution in [0, 0.1) is 11.8 Å². The second-order valence-corrected chi connectivity index (χ2v) is 10.5. The number of fused-ring (bicyclic) bond motifs is 1. The molecule has 5 rings (SSSR count). The number of nitrogen functional groups attached to an aromatic ring is 1. The first-order valence-electron chi connectivity index (χ1n) is 13.2. The molecule has 3 aromatic heterocycles. The zero-order valence-corrected chi connectivity index (χ0v) is 24.1. The highest BCUT2D eigenvalue weighted by atomic mass is 35.5. The van der Waals surface area contributed by atoms with Crippen molar-refractivity contribution in [3.05, 3.63) is 71.4 Å². The lowest BCUT2D eigenvalue weighted by Gasteiger charge is -2.12. The highest BCUT2D eigenvalue weighted by Gasteiger charge is 2.43. The second-order valence-electron chi connectivity index (χ2n) is 10.1. The molecular weight excluding hydrogens is 578 g/mol. The molecule has 0 aliphatic heterocycles. The summed E-state index contributed by atoms with van der Waals surface area (Å²) < 4.78 is 34.3. The van der Waals surface area contributed by atoms with Crippen LogP contribution < -0.4 is 16.4 Å². The Balaban J connectivity index is 1.66. The summed E-state index contributed by atoms with van der Waals surface area (Å²) >= 11 is 6.56. The first kappa shape index (κ1) is 29.7. The molecule has 3 heterocycles. The fourth-order valence-corrected chi connectivity index (χ4v) is 4.96. The molecule has 4 N–H and O–H groups in total. The smallest absolute Gasteiger partial charge is 0.283 e. The Morgan fingerprint density at radius 2 is 1.93 bits per heavy atom. The summed E-state index contributed by atoms with van der Waals surface area (Å²) in [4.78, 5) is 33.2. The number of hydrogen-bond acceptors (Lipinski definition) is 6. The number of pyridine rings is 2. The SMILES string of the molecule is C=C(F)C(=O)Nc1ccc(-c2c(-c3cnc(C(=O)NCC4(F)CC4)c(Cl)c3)c3c(N)ncc(C#CCOC)c3n2C)cc1. The van der Waals surface area contributed by atoms with Gasteiger partial charge in [0.05, 0.1) is 33.7 Å². The summed E-state index contributed by atoms with van der Waals surface area (Å²) in [6.07, 6.45) is 3.88. The first-order valence-corrected chi connectivity index (χ1v) is 13.5. The van der Waals surface area contributed by atoms with Crippen LogP contribution in [0.25, 0.3) is 33.3 Å². The summed E-state index contributed by atoms with van der Waals surface area (Å²) in [6.45, 7) is 3.11. The third kappa shape index (κ3) is 6.07. The Morgan fingerprint density at radius 3 is 2.56 bits per heavy atom. The van der Waals surface area contributed by atoms with E-state index in [0.717, 1.165) is 0 Å². The predicted octanol–water partition coefficient (Wildman–Crippen LogP) is 5.19. The quantitative estimate of drug-likeness (QED) is 0.188. The molecule has 1 fully saturated rings. The van der Waals surface area contributed by atoms with Crippen molar-refractivity contribution < 1.29 is 23.1 Å². The van der Waals surface area contributed by atoms with E-state index < -0.39 is 23.3 Å². The number of carbonyl (C=O) groups is 2. The molecule has 2 amide bonds. The lowest BCUT2D eigenvalue weighted by molar-refractivity contribution is -0.114. The molecule has 1 aliphatic rings. The topological polar surface area (TPSA) is 124 Å². The van der Waals surface area contributed by atoms with Gasteiger partial charge < -0.3 is 25.7 Å². The molecule has 0 bridgehead atoms. The summed E-state index contributed by atoms with van der Waals surface area (Å²) in [7, 11) is 3.38. The fourth-order valence-electron chi connectivity index (χ4n) is 4.71. The van der Waals surface area contributed by atoms with Gasteiger partial charge in [-0.25, -0.2) is 18.7 Å². The maximum absolute atomic E-state index is 14.1. The molecule has 1 saturated carbocycles. The minimum atomic E-state index is -1.37. The number of amides is 2. The highest BCUT2D eigenvalue weighted by Crippen LogP contribution is 2.44. The fraction of sp³-hybridized carbons (Fsp3) is 0.226. The van der Waals surface area contributed by atoms with Crippen LogP contribution in [-0.4, -0.2) is 52.3 Å². The summed E-state index contributed by atoms with van der Waals surface area (Å²) in [5, 5.41) is 5.64. The van der Waals surface area contributed by atoms with Crippen LogP contribution >= 0.6 is 11.6 Å². The van der Waals surface area contributed by atoms with E-state index >= 15 is 0 Å². The van der Waals surface area contributed by atoms with Crippen molar-refractivity contribution in [2.24, 2.45) is 7.05 Å². The van der Waals surface area contributed by atoms with E-state index in [9.17, 15) is 18.4 Å². The number of benzene rings is 1. The Hall–Kier alpha value is -4.79. The van der Waals surface area contributed by atoms with E-state index in [1.54, 1.807) is 43.6 Å². The van der Waals surface area contributed by atoms with Crippen molar-refractivity contribution in [3.8, 4) is 34.2 Å². The van der Waals surface area contributed by atoms with Crippen molar-refractivity contribution in [1.82, 2.24) is 19.9 Å². The number of aromatic nitrogens is 3. The first-order chi connectivity index (χ1) is 20.5. The zero-order valence-electron chi connectivity index (χ0n) is 23.4. The van der Waals surface area contributed by atoms with Crippen LogP contribution in [0.1, 0.15) is 28.9 Å². The van der Waals surface area contributed by atoms with Crippen LogP contribution in [0.15, 0.2) is 55.1 Å². The number of halogens is 3. The summed E-state index contributed by atoms with van der Waals surface area (Å²) in [6, 6.07) is 8.32. The van der Waals surface area contributed by atoms with E-state index in [2.05, 4.69) is 39.0 Å². The standard InChI is InChI=1S/C31H27ClF2N6O3/c1-17(33)29(41)39-21-8-6-18(7-9-21)26-23(24-27(40(26)2)19(5-4-12-43-3)14-37-28(24)35)20-13-22(32)25(36-15-20)30(42)38-16-31(34)10-11-31/h6-9,13-15H,1,10-12,16H2,2-3H3,(H2,35,37)(H,38,42)(H,39,41). The largest absolute Gasteiger partial charge is 0.383 e. The van der Waals surface area contributed by atoms with Crippen molar-refractivity contribution in [2.45, 2.75) is 18.5 Å². The van der Waals surface area contributed by atoms with E-state index in [0.29, 0.717) is 57.4 Å². The number of methoxy groups -OCH3 is 1. The summed E-state index contributed by atoms with van der Waals surface area (Å²) in [5.74, 6) is 3.61. The number of carbonyl (C=O) groups excluding carboxylic acids is 2. The van der Waals surface area contributed by atoms with Crippen LogP contribution in [0.5, 0.6) is 0 Å². The monoisotopic (exact) mass is 604 g/mol. The highest BCUT2D eigenvalue weighted by molar-refractivity contribution is 6.34. The zero-order chi connectivity index (χ0) is 30.9. The molecule has 1 aromatic carbocycles. The number of ether oxygens (including phenoxy) is 1. The van der Waals surface area contributed by atoms with Gasteiger partial charge in [0.1, 0.15) is 23.8 Å². The molecule has 4 aromatic rings. The molecule has 0 saturated heterocycles. The van der Waals surface area contributed by atoms with Gasteiger partial charge in [-0.05, 0) is 36.6 Å². The number of aryl methyl sites for hydroxylation is 1. The van der Waals surface area contributed by atoms with Crippen molar-refractivity contribution in [1.29, 1.82) is 0 Å². The normalized spacial score (nSPS) is 13.2. The molecule has 1 aliphatic carbocycles. The van der Waals surface area contributed by atoms with Gasteiger partial charge in [-0.1, -0.05) is 42.2 Å². The summed E-state index contributed by atoms with van der Waals surface area (Å²) in [5.41, 5.74) is 9.22. The third-order valence-electron chi connectivity index (χ3n) is 7.04. The molecule has 12 heteroatoms. The average molecular weight is 605 g/mol. The molecule has 0 radical (unpaired) electrons. The lowest BCUT2D eigenvalue weighted by atomic mass is 9.98. The van der Waals surface area contributed by atoms with E-state index in [-0.39, 0.29) is 29.7 Å². The van der Waals surface area contributed by atoms with Gasteiger partial charge in [0.25, 0.3) is 11.8 Å². The molecule has 0 spiro atoms. The van der Waals surface area contributed by atoms with Crippen molar-refractivity contribution in [3.63, 3.8) is 0 Å². The van der Waals surface area contributed by atoms with E-state index in [1.165, 1.54) is 6.20 Å². The van der Waals surface area contributed by atoms with Crippen LogP contribution in [0.3, 0.4) is 0 Å². The maximum Gasteiger partial charge on any atom is 0.283 e. The molecule has 43 heavy (non-hydrogen) atoms. The van der Waals surface area contributed by atoms with Crippen LogP contribution in [0.4, 0.5) is 20.3 Å². The van der Waals surface area contributed by atoms with Crippen LogP contribution in [-0.2, 0) is 16.6 Å². The Bertz CT molecular complexity index is 1840. The number of alkyl halides is 1. The Morgan fingerprint density at radius 1 is 1.21 bits per heavy atom. The number of hydrogen-bond donors (Lipinski definition) is 3. The van der Waals surface area contributed by atoms with Gasteiger partial charge in [0.2, 0.25) is 0 Å². The second kappa shape index (κ2) is 11.8. The van der Waals surface area contributed by atoms with Crippen molar-refractivity contribution in [2.75, 3.05) is 31.3 Å². The minimum absolute atomic E-state index is 0.0387. The molecule has 9 nitrogen and oxygen atoms in total. The predicted molar refractivity (Wildman–Crippen MR) is 162 cm³/mol. The van der Waals surface area contributed by atoms with E-state index in [1.807, 2.05) is 11.6 Å². The number of nitrogens with zero attached hydrogens (tertiary/aromatic N) is 3. The third-order valence-corrected chi connectivity index (χ3v) is 7.33. The number of nitrogens with two attached hydrogens (primary N) is 1. The number of rotatable bonds is 8. The molecule has 0 atom stereocenters.